The fourth-order valence-electron chi connectivity index (χ4n) is 3.18. The summed E-state index contributed by atoms with van der Waals surface area (Å²) in [6, 6.07) is 6.22. The fraction of sp³-hybridized carbons (Fsp3) is 0.389. The molecule has 0 bridgehead atoms. The Morgan fingerprint density at radius 3 is 2.50 bits per heavy atom. The van der Waals surface area contributed by atoms with Crippen LogP contribution in [-0.2, 0) is 5.54 Å². The van der Waals surface area contributed by atoms with E-state index in [9.17, 15) is 4.39 Å². The van der Waals surface area contributed by atoms with Gasteiger partial charge in [-0.15, -0.1) is 12.4 Å². The highest BCUT2D eigenvalue weighted by Crippen LogP contribution is 2.38. The smallest absolute Gasteiger partial charge is 0.261 e. The summed E-state index contributed by atoms with van der Waals surface area (Å²) in [6.07, 6.45) is 4.54. The molecule has 138 valence electrons. The van der Waals surface area contributed by atoms with Crippen LogP contribution in [0.4, 0.5) is 4.39 Å². The van der Waals surface area contributed by atoms with E-state index in [-0.39, 0.29) is 24.1 Å². The molecule has 1 aromatic carbocycles. The molecule has 0 atom stereocenters. The Balaban J connectivity index is 0.00000196. The van der Waals surface area contributed by atoms with E-state index in [2.05, 4.69) is 29.1 Å². The summed E-state index contributed by atoms with van der Waals surface area (Å²) in [7, 11) is 0. The van der Waals surface area contributed by atoms with Crippen LogP contribution in [0.15, 0.2) is 35.0 Å². The molecule has 1 fully saturated rings. The molecule has 2 heterocycles. The lowest BCUT2D eigenvalue weighted by molar-refractivity contribution is 0.229. The minimum absolute atomic E-state index is 0. The van der Waals surface area contributed by atoms with E-state index in [1.807, 2.05) is 0 Å². The standard InChI is InChI=1S/C18H20FN5O.ClH/c1-11(2)15-14(10-21-24(15)13-6-4-12(19)5-7-13)16-22-17(23-25-16)18(20)8-3-9-18;/h4-7,10-11H,3,8-9,20H2,1-2H3;1H. The van der Waals surface area contributed by atoms with Crippen molar-refractivity contribution in [3.05, 3.63) is 47.8 Å². The average molecular weight is 378 g/mol. The van der Waals surface area contributed by atoms with Crippen LogP contribution in [0.2, 0.25) is 0 Å². The van der Waals surface area contributed by atoms with E-state index in [4.69, 9.17) is 10.3 Å². The Labute approximate surface area is 157 Å². The first-order valence-electron chi connectivity index (χ1n) is 8.45. The van der Waals surface area contributed by atoms with Gasteiger partial charge in [-0.25, -0.2) is 9.07 Å². The summed E-state index contributed by atoms with van der Waals surface area (Å²) in [4.78, 5) is 4.52. The minimum Gasteiger partial charge on any atom is -0.334 e. The molecule has 2 aromatic heterocycles. The third kappa shape index (κ3) is 3.01. The first kappa shape index (κ1) is 18.5. The van der Waals surface area contributed by atoms with Gasteiger partial charge in [0.15, 0.2) is 5.82 Å². The molecule has 1 aliphatic carbocycles. The van der Waals surface area contributed by atoms with Crippen LogP contribution >= 0.6 is 12.4 Å². The van der Waals surface area contributed by atoms with Crippen molar-refractivity contribution < 1.29 is 8.91 Å². The quantitative estimate of drug-likeness (QED) is 0.744. The summed E-state index contributed by atoms with van der Waals surface area (Å²) >= 11 is 0. The van der Waals surface area contributed by atoms with Gasteiger partial charge in [0.1, 0.15) is 5.82 Å². The zero-order chi connectivity index (χ0) is 17.6. The van der Waals surface area contributed by atoms with Gasteiger partial charge >= 0.3 is 0 Å². The van der Waals surface area contributed by atoms with Gasteiger partial charge in [0, 0.05) is 0 Å². The summed E-state index contributed by atoms with van der Waals surface area (Å²) in [5.41, 5.74) is 8.31. The lowest BCUT2D eigenvalue weighted by Gasteiger charge is -2.34. The maximum Gasteiger partial charge on any atom is 0.261 e. The van der Waals surface area contributed by atoms with Gasteiger partial charge in [0.2, 0.25) is 0 Å². The zero-order valence-corrected chi connectivity index (χ0v) is 15.5. The van der Waals surface area contributed by atoms with E-state index in [1.54, 1.807) is 23.0 Å². The van der Waals surface area contributed by atoms with E-state index < -0.39 is 5.54 Å². The predicted octanol–water partition coefficient (Wildman–Crippen LogP) is 3.94. The van der Waals surface area contributed by atoms with Crippen molar-refractivity contribution in [2.24, 2.45) is 5.73 Å². The number of aromatic nitrogens is 4. The average Bonchev–Trinajstić information content (AvgIpc) is 3.20. The summed E-state index contributed by atoms with van der Waals surface area (Å²) in [5.74, 6) is 0.854. The maximum absolute atomic E-state index is 13.2. The third-order valence-corrected chi connectivity index (χ3v) is 4.77. The molecule has 0 amide bonds. The Bertz CT molecular complexity index is 899. The normalized spacial score (nSPS) is 15.6. The van der Waals surface area contributed by atoms with E-state index >= 15 is 0 Å². The molecule has 0 unspecified atom stereocenters. The molecular formula is C18H21ClFN5O. The van der Waals surface area contributed by atoms with E-state index in [0.717, 1.165) is 36.2 Å². The van der Waals surface area contributed by atoms with Crippen LogP contribution in [0.1, 0.15) is 50.5 Å². The molecule has 3 aromatic rings. The van der Waals surface area contributed by atoms with Gasteiger partial charge in [-0.3, -0.25) is 0 Å². The van der Waals surface area contributed by atoms with E-state index in [1.165, 1.54) is 12.1 Å². The molecule has 6 nitrogen and oxygen atoms in total. The molecular weight excluding hydrogens is 357 g/mol. The van der Waals surface area contributed by atoms with Gasteiger partial charge < -0.3 is 10.3 Å². The Kier molecular flexibility index (Phi) is 4.86. The number of halogens is 2. The summed E-state index contributed by atoms with van der Waals surface area (Å²) < 4.78 is 20.5. The van der Waals surface area contributed by atoms with Crippen molar-refractivity contribution in [3.8, 4) is 17.1 Å². The molecule has 26 heavy (non-hydrogen) atoms. The summed E-state index contributed by atoms with van der Waals surface area (Å²) in [6.45, 7) is 4.13. The predicted molar refractivity (Wildman–Crippen MR) is 97.9 cm³/mol. The Morgan fingerprint density at radius 2 is 1.92 bits per heavy atom. The highest BCUT2D eigenvalue weighted by Gasteiger charge is 2.39. The van der Waals surface area contributed by atoms with Crippen molar-refractivity contribution in [2.45, 2.75) is 44.6 Å². The monoisotopic (exact) mass is 377 g/mol. The second kappa shape index (κ2) is 6.81. The van der Waals surface area contributed by atoms with Crippen LogP contribution in [0.3, 0.4) is 0 Å². The second-order valence-corrected chi connectivity index (χ2v) is 6.92. The van der Waals surface area contributed by atoms with Gasteiger partial charge in [0.05, 0.1) is 28.7 Å². The lowest BCUT2D eigenvalue weighted by atomic mass is 9.77. The number of nitrogens with zero attached hydrogens (tertiary/aromatic N) is 4. The molecule has 4 rings (SSSR count). The Morgan fingerprint density at radius 1 is 1.23 bits per heavy atom. The van der Waals surface area contributed by atoms with E-state index in [0.29, 0.717) is 11.7 Å². The van der Waals surface area contributed by atoms with Crippen molar-refractivity contribution in [2.75, 3.05) is 0 Å². The highest BCUT2D eigenvalue weighted by atomic mass is 35.5. The Hall–Kier alpha value is -2.25. The first-order valence-corrected chi connectivity index (χ1v) is 8.45. The van der Waals surface area contributed by atoms with Crippen molar-refractivity contribution >= 4 is 12.4 Å². The number of hydrogen-bond donors (Lipinski definition) is 1. The molecule has 1 saturated carbocycles. The zero-order valence-electron chi connectivity index (χ0n) is 14.6. The minimum atomic E-state index is -0.466. The third-order valence-electron chi connectivity index (χ3n) is 4.77. The highest BCUT2D eigenvalue weighted by molar-refractivity contribution is 5.85. The first-order chi connectivity index (χ1) is 12.0. The SMILES string of the molecule is CC(C)c1c(-c2nc(C3(N)CCC3)no2)cnn1-c1ccc(F)cc1.Cl. The van der Waals surface area contributed by atoms with Crippen LogP contribution in [0.25, 0.3) is 17.1 Å². The number of benzene rings is 1. The topological polar surface area (TPSA) is 82.8 Å². The second-order valence-electron chi connectivity index (χ2n) is 6.92. The number of hydrogen-bond acceptors (Lipinski definition) is 5. The van der Waals surface area contributed by atoms with Crippen LogP contribution < -0.4 is 5.73 Å². The molecule has 8 heteroatoms. The van der Waals surface area contributed by atoms with Crippen LogP contribution in [-0.4, -0.2) is 19.9 Å². The molecule has 0 radical (unpaired) electrons. The molecule has 0 saturated heterocycles. The van der Waals surface area contributed by atoms with Crippen molar-refractivity contribution in [3.63, 3.8) is 0 Å². The fourth-order valence-corrected chi connectivity index (χ4v) is 3.18. The van der Waals surface area contributed by atoms with Crippen LogP contribution in [0, 0.1) is 5.82 Å². The van der Waals surface area contributed by atoms with Gasteiger partial charge in [-0.2, -0.15) is 10.1 Å². The maximum atomic E-state index is 13.2. The van der Waals surface area contributed by atoms with Gasteiger partial charge in [-0.1, -0.05) is 19.0 Å². The number of nitrogens with two attached hydrogens (primary N) is 1. The van der Waals surface area contributed by atoms with Crippen molar-refractivity contribution in [1.29, 1.82) is 0 Å². The van der Waals surface area contributed by atoms with Crippen molar-refractivity contribution in [1.82, 2.24) is 19.9 Å². The lowest BCUT2D eigenvalue weighted by Crippen LogP contribution is -2.44. The van der Waals surface area contributed by atoms with Gasteiger partial charge in [0.25, 0.3) is 5.89 Å². The molecule has 2 N–H and O–H groups in total. The summed E-state index contributed by atoms with van der Waals surface area (Å²) in [5, 5.41) is 8.54. The van der Waals surface area contributed by atoms with Crippen LogP contribution in [0.5, 0.6) is 0 Å². The van der Waals surface area contributed by atoms with Gasteiger partial charge in [-0.05, 0) is 49.4 Å². The molecule has 1 aliphatic rings. The molecule has 0 aliphatic heterocycles. The largest absolute Gasteiger partial charge is 0.334 e. The molecule has 0 spiro atoms. The number of rotatable bonds is 4.